The molecule has 0 heterocycles. The molecule has 1 unspecified atom stereocenters. The van der Waals surface area contributed by atoms with E-state index in [1.54, 1.807) is 7.11 Å². The molecule has 0 saturated heterocycles. The van der Waals surface area contributed by atoms with E-state index < -0.39 is 0 Å². The smallest absolute Gasteiger partial charge is 0.223 e. The van der Waals surface area contributed by atoms with Gasteiger partial charge in [0.15, 0.2) is 0 Å². The molecule has 2 atom stereocenters. The highest BCUT2D eigenvalue weighted by Gasteiger charge is 2.37. The summed E-state index contributed by atoms with van der Waals surface area (Å²) < 4.78 is 0. The van der Waals surface area contributed by atoms with Crippen molar-refractivity contribution < 1.29 is 9.63 Å². The zero-order valence-corrected chi connectivity index (χ0v) is 13.5. The monoisotopic (exact) mass is 294 g/mol. The van der Waals surface area contributed by atoms with Gasteiger partial charge in [0.25, 0.3) is 0 Å². The molecule has 1 amide bonds. The molecule has 0 spiro atoms. The number of hydrogen-bond acceptors (Lipinski definition) is 3. The lowest BCUT2D eigenvalue weighted by molar-refractivity contribution is -0.125. The van der Waals surface area contributed by atoms with Gasteiger partial charge in [-0.25, -0.2) is 0 Å². The van der Waals surface area contributed by atoms with Crippen molar-refractivity contribution in [1.82, 2.24) is 10.4 Å². The number of rotatable bonds is 9. The van der Waals surface area contributed by atoms with Gasteiger partial charge < -0.3 is 10.2 Å². The van der Waals surface area contributed by atoms with Crippen molar-refractivity contribution in [2.45, 2.75) is 57.4 Å². The van der Waals surface area contributed by atoms with E-state index in [2.05, 4.69) is 17.5 Å². The Morgan fingerprint density at radius 2 is 2.10 bits per heavy atom. The number of amides is 1. The van der Waals surface area contributed by atoms with Crippen molar-refractivity contribution in [1.29, 1.82) is 0 Å². The molecule has 0 aliphatic heterocycles. The van der Waals surface area contributed by atoms with Crippen LogP contribution < -0.4 is 5.32 Å². The predicted octanol–water partition coefficient (Wildman–Crippen LogP) is 2.90. The normalized spacial score (nSPS) is 25.9. The Kier molecular flexibility index (Phi) is 6.71. The van der Waals surface area contributed by atoms with Gasteiger partial charge in [0, 0.05) is 25.6 Å². The number of carbonyl (C=O) groups is 1. The summed E-state index contributed by atoms with van der Waals surface area (Å²) in [6.45, 7) is 0.980. The Morgan fingerprint density at radius 3 is 2.81 bits per heavy atom. The molecule has 0 radical (unpaired) electrons. The van der Waals surface area contributed by atoms with Gasteiger partial charge in [-0.3, -0.25) is 4.79 Å². The Bertz CT molecular complexity index is 351. The van der Waals surface area contributed by atoms with Gasteiger partial charge >= 0.3 is 0 Å². The van der Waals surface area contributed by atoms with Crippen LogP contribution in [0.4, 0.5) is 0 Å². The average molecular weight is 294 g/mol. The summed E-state index contributed by atoms with van der Waals surface area (Å²) in [6.07, 6.45) is 13.8. The zero-order valence-electron chi connectivity index (χ0n) is 13.5. The molecule has 1 N–H and O–H groups in total. The molecule has 2 saturated carbocycles. The van der Waals surface area contributed by atoms with E-state index in [0.29, 0.717) is 23.8 Å². The summed E-state index contributed by atoms with van der Waals surface area (Å²) >= 11 is 0. The van der Waals surface area contributed by atoms with Crippen LogP contribution in [0.5, 0.6) is 0 Å². The molecular weight excluding hydrogens is 264 g/mol. The van der Waals surface area contributed by atoms with E-state index in [-0.39, 0.29) is 0 Å². The van der Waals surface area contributed by atoms with Crippen molar-refractivity contribution in [2.75, 3.05) is 20.7 Å². The van der Waals surface area contributed by atoms with Crippen LogP contribution in [0.15, 0.2) is 12.2 Å². The van der Waals surface area contributed by atoms with E-state index in [1.807, 2.05) is 12.1 Å². The minimum absolute atomic E-state index is 0.299. The van der Waals surface area contributed by atoms with Crippen LogP contribution in [0.2, 0.25) is 0 Å². The van der Waals surface area contributed by atoms with E-state index in [9.17, 15) is 4.79 Å². The summed E-state index contributed by atoms with van der Waals surface area (Å²) in [6, 6.07) is 0.411. The lowest BCUT2D eigenvalue weighted by Gasteiger charge is -2.12. The standard InChI is InChI=1S/C17H30N2O2/c1-19(21-2)12-8-4-3-5-11-15-13-16(15)18-17(20)14-9-6-7-10-14/h5,11,14-16H,3-4,6-10,12-13H2,1-2H3,(H,18,20)/b11-5-/t15-,16?/m1/s1. The maximum absolute atomic E-state index is 12.0. The fraction of sp³-hybridized carbons (Fsp3) is 0.824. The minimum atomic E-state index is 0.299. The molecule has 120 valence electrons. The highest BCUT2D eigenvalue weighted by Crippen LogP contribution is 2.33. The SMILES string of the molecule is CON(C)CCCC/C=C\[C@@H]1CC1NC(=O)C1CCCC1. The molecule has 2 aliphatic carbocycles. The number of nitrogens with one attached hydrogen (secondary N) is 1. The number of hydrogen-bond donors (Lipinski definition) is 1. The molecule has 21 heavy (non-hydrogen) atoms. The highest BCUT2D eigenvalue weighted by molar-refractivity contribution is 5.79. The molecule has 0 aromatic carbocycles. The summed E-state index contributed by atoms with van der Waals surface area (Å²) in [4.78, 5) is 17.1. The largest absolute Gasteiger partial charge is 0.353 e. The number of unbranched alkanes of at least 4 members (excludes halogenated alkanes) is 2. The second kappa shape index (κ2) is 8.54. The molecule has 2 aliphatic rings. The van der Waals surface area contributed by atoms with Crippen molar-refractivity contribution in [3.05, 3.63) is 12.2 Å². The predicted molar refractivity (Wildman–Crippen MR) is 84.6 cm³/mol. The second-order valence-corrected chi connectivity index (χ2v) is 6.45. The first-order chi connectivity index (χ1) is 10.2. The first-order valence-electron chi connectivity index (χ1n) is 8.43. The maximum atomic E-state index is 12.0. The van der Waals surface area contributed by atoms with Crippen molar-refractivity contribution in [2.24, 2.45) is 11.8 Å². The van der Waals surface area contributed by atoms with E-state index >= 15 is 0 Å². The summed E-state index contributed by atoms with van der Waals surface area (Å²) in [5, 5.41) is 5.07. The third kappa shape index (κ3) is 5.79. The van der Waals surface area contributed by atoms with Crippen LogP contribution in [0.3, 0.4) is 0 Å². The molecule has 2 rings (SSSR count). The fourth-order valence-corrected chi connectivity index (χ4v) is 3.04. The van der Waals surface area contributed by atoms with Gasteiger partial charge in [0.05, 0.1) is 7.11 Å². The number of hydroxylamine groups is 2. The minimum Gasteiger partial charge on any atom is -0.353 e. The van der Waals surface area contributed by atoms with Crippen molar-refractivity contribution in [3.63, 3.8) is 0 Å². The second-order valence-electron chi connectivity index (χ2n) is 6.45. The Labute approximate surface area is 128 Å². The van der Waals surface area contributed by atoms with Crippen LogP contribution in [-0.4, -0.2) is 37.7 Å². The zero-order chi connectivity index (χ0) is 15.1. The third-order valence-electron chi connectivity index (χ3n) is 4.68. The molecule has 0 aromatic rings. The Morgan fingerprint density at radius 1 is 1.33 bits per heavy atom. The Balaban J connectivity index is 1.50. The van der Waals surface area contributed by atoms with E-state index in [0.717, 1.165) is 38.6 Å². The van der Waals surface area contributed by atoms with Gasteiger partial charge in [0.2, 0.25) is 5.91 Å². The van der Waals surface area contributed by atoms with Crippen LogP contribution in [0, 0.1) is 11.8 Å². The van der Waals surface area contributed by atoms with Gasteiger partial charge in [0.1, 0.15) is 0 Å². The highest BCUT2D eigenvalue weighted by atomic mass is 16.7. The van der Waals surface area contributed by atoms with E-state index in [1.165, 1.54) is 19.3 Å². The average Bonchev–Trinajstić information content (AvgIpc) is 3.00. The fourth-order valence-electron chi connectivity index (χ4n) is 3.04. The van der Waals surface area contributed by atoms with Crippen LogP contribution in [0.1, 0.15) is 51.4 Å². The van der Waals surface area contributed by atoms with Gasteiger partial charge in [-0.1, -0.05) is 25.0 Å². The number of nitrogens with zero attached hydrogens (tertiary/aromatic N) is 1. The van der Waals surface area contributed by atoms with Gasteiger partial charge in [-0.2, -0.15) is 5.06 Å². The third-order valence-corrected chi connectivity index (χ3v) is 4.68. The summed E-state index contributed by atoms with van der Waals surface area (Å²) in [7, 11) is 3.66. The quantitative estimate of drug-likeness (QED) is 0.404. The van der Waals surface area contributed by atoms with Crippen LogP contribution >= 0.6 is 0 Å². The molecule has 0 bridgehead atoms. The van der Waals surface area contributed by atoms with Crippen LogP contribution in [0.25, 0.3) is 0 Å². The van der Waals surface area contributed by atoms with Crippen molar-refractivity contribution in [3.8, 4) is 0 Å². The molecule has 2 fully saturated rings. The first kappa shape index (κ1) is 16.5. The first-order valence-corrected chi connectivity index (χ1v) is 8.43. The maximum Gasteiger partial charge on any atom is 0.223 e. The summed E-state index contributed by atoms with van der Waals surface area (Å²) in [5.74, 6) is 1.18. The number of allylic oxidation sites excluding steroid dienone is 1. The molecule has 4 heteroatoms. The van der Waals surface area contributed by atoms with E-state index in [4.69, 9.17) is 4.84 Å². The molecule has 0 aromatic heterocycles. The van der Waals surface area contributed by atoms with Crippen LogP contribution in [-0.2, 0) is 9.63 Å². The summed E-state index contributed by atoms with van der Waals surface area (Å²) in [5.41, 5.74) is 0. The van der Waals surface area contributed by atoms with Crippen molar-refractivity contribution >= 4 is 5.91 Å². The number of carbonyl (C=O) groups excluding carboxylic acids is 1. The van der Waals surface area contributed by atoms with Gasteiger partial charge in [-0.05, 0) is 44.4 Å². The molecular formula is C17H30N2O2. The lowest BCUT2D eigenvalue weighted by atomic mass is 10.1. The Hall–Kier alpha value is -0.870. The lowest BCUT2D eigenvalue weighted by Crippen LogP contribution is -2.31. The molecule has 4 nitrogen and oxygen atoms in total. The topological polar surface area (TPSA) is 41.6 Å². The van der Waals surface area contributed by atoms with Gasteiger partial charge in [-0.15, -0.1) is 0 Å².